The van der Waals surface area contributed by atoms with Crippen LogP contribution < -0.4 is 16.2 Å². The summed E-state index contributed by atoms with van der Waals surface area (Å²) < 4.78 is 8.97. The molecule has 4 aromatic rings. The molecule has 0 amide bonds. The van der Waals surface area contributed by atoms with Crippen LogP contribution in [0.25, 0.3) is 22.0 Å². The zero-order valence-electron chi connectivity index (χ0n) is 17.4. The normalized spacial score (nSPS) is 16.6. The van der Waals surface area contributed by atoms with Crippen LogP contribution in [-0.4, -0.2) is 38.4 Å². The fourth-order valence-corrected chi connectivity index (χ4v) is 4.24. The van der Waals surface area contributed by atoms with E-state index in [0.29, 0.717) is 29.7 Å². The number of nitrogens with zero attached hydrogens (tertiary/aromatic N) is 5. The van der Waals surface area contributed by atoms with Crippen molar-refractivity contribution in [3.8, 4) is 11.8 Å². The molecule has 0 bridgehead atoms. The number of pyridine rings is 1. The molecule has 8 heteroatoms. The van der Waals surface area contributed by atoms with Gasteiger partial charge >= 0.3 is 0 Å². The van der Waals surface area contributed by atoms with Gasteiger partial charge in [-0.15, -0.1) is 5.92 Å². The summed E-state index contributed by atoms with van der Waals surface area (Å²) in [5, 5.41) is 5.07. The molecule has 8 nitrogen and oxygen atoms in total. The summed E-state index contributed by atoms with van der Waals surface area (Å²) in [4.78, 5) is 20.4. The zero-order chi connectivity index (χ0) is 21.4. The van der Waals surface area contributed by atoms with Gasteiger partial charge in [0.1, 0.15) is 11.2 Å². The fourth-order valence-electron chi connectivity index (χ4n) is 4.24. The maximum atomic E-state index is 13.5. The van der Waals surface area contributed by atoms with Crippen molar-refractivity contribution < 1.29 is 4.52 Å². The average Bonchev–Trinajstić information content (AvgIpc) is 3.36. The van der Waals surface area contributed by atoms with Gasteiger partial charge in [-0.3, -0.25) is 9.36 Å². The molecule has 1 fully saturated rings. The molecule has 1 aromatic carbocycles. The predicted octanol–water partition coefficient (Wildman–Crippen LogP) is 2.34. The molecular weight excluding hydrogens is 392 g/mol. The van der Waals surface area contributed by atoms with Gasteiger partial charge in [-0.2, -0.15) is 0 Å². The van der Waals surface area contributed by atoms with E-state index in [2.05, 4.69) is 21.9 Å². The second-order valence-electron chi connectivity index (χ2n) is 7.88. The highest BCUT2D eigenvalue weighted by atomic mass is 16.5. The summed E-state index contributed by atoms with van der Waals surface area (Å²) in [6.07, 6.45) is 3.78. The number of rotatable bonds is 4. The molecule has 0 radical (unpaired) electrons. The highest BCUT2D eigenvalue weighted by Gasteiger charge is 2.24. The van der Waals surface area contributed by atoms with Crippen LogP contribution in [0.3, 0.4) is 0 Å². The molecule has 1 aliphatic heterocycles. The number of hydrogen-bond acceptors (Lipinski definition) is 6. The smallest absolute Gasteiger partial charge is 0.277 e. The second-order valence-corrected chi connectivity index (χ2v) is 7.88. The Balaban J connectivity index is 1.61. The summed E-state index contributed by atoms with van der Waals surface area (Å²) in [6.45, 7) is 4.11. The van der Waals surface area contributed by atoms with Crippen molar-refractivity contribution in [2.45, 2.75) is 38.9 Å². The topological polar surface area (TPSA) is 95.1 Å². The van der Waals surface area contributed by atoms with Crippen molar-refractivity contribution in [3.63, 3.8) is 0 Å². The number of hydrogen-bond donors (Lipinski definition) is 1. The van der Waals surface area contributed by atoms with Gasteiger partial charge in [-0.1, -0.05) is 23.2 Å². The summed E-state index contributed by atoms with van der Waals surface area (Å²) in [6, 6.07) is 9.63. The summed E-state index contributed by atoms with van der Waals surface area (Å²) in [5.74, 6) is 6.78. The quantitative estimate of drug-likeness (QED) is 0.513. The largest absolute Gasteiger partial charge is 0.356 e. The molecule has 1 unspecified atom stereocenters. The maximum absolute atomic E-state index is 13.5. The number of piperidine rings is 1. The SMILES string of the molecule is CC#CCn1c(N2CCCC(N)C2)nc2ccn(Cc3noc4ccccc34)c(=O)c21. The first-order chi connectivity index (χ1) is 15.2. The lowest BCUT2D eigenvalue weighted by Crippen LogP contribution is -2.44. The maximum Gasteiger partial charge on any atom is 0.277 e. The number of imidazole rings is 1. The van der Waals surface area contributed by atoms with Crippen LogP contribution >= 0.6 is 0 Å². The first-order valence-corrected chi connectivity index (χ1v) is 10.5. The third-order valence-electron chi connectivity index (χ3n) is 5.78. The Morgan fingerprint density at radius 1 is 1.29 bits per heavy atom. The Hall–Kier alpha value is -3.57. The number of fused-ring (bicyclic) bond motifs is 2. The van der Waals surface area contributed by atoms with Crippen molar-refractivity contribution in [3.05, 3.63) is 52.6 Å². The monoisotopic (exact) mass is 416 g/mol. The van der Waals surface area contributed by atoms with Gasteiger partial charge < -0.3 is 19.7 Å². The van der Waals surface area contributed by atoms with Crippen LogP contribution in [-0.2, 0) is 13.1 Å². The van der Waals surface area contributed by atoms with E-state index in [1.165, 1.54) is 0 Å². The van der Waals surface area contributed by atoms with Crippen molar-refractivity contribution >= 4 is 28.0 Å². The standard InChI is InChI=1S/C23H24N6O2/c1-2-3-12-29-21-18(25-23(29)28-11-6-7-16(24)14-28)10-13-27(22(21)30)15-19-17-8-4-5-9-20(17)31-26-19/h4-5,8-10,13,16H,6-7,11-12,14-15,24H2,1H3. The second kappa shape index (κ2) is 7.93. The molecule has 5 rings (SSSR count). The van der Waals surface area contributed by atoms with Crippen molar-refractivity contribution in [1.29, 1.82) is 0 Å². The fraction of sp³-hybridized carbons (Fsp3) is 0.348. The first-order valence-electron chi connectivity index (χ1n) is 10.5. The molecule has 2 N–H and O–H groups in total. The van der Waals surface area contributed by atoms with E-state index in [1.807, 2.05) is 34.9 Å². The minimum absolute atomic E-state index is 0.108. The zero-order valence-corrected chi connectivity index (χ0v) is 17.4. The van der Waals surface area contributed by atoms with Gasteiger partial charge in [0, 0.05) is 30.7 Å². The molecule has 4 heterocycles. The lowest BCUT2D eigenvalue weighted by atomic mass is 10.1. The van der Waals surface area contributed by atoms with Gasteiger partial charge in [-0.25, -0.2) is 4.98 Å². The Kier molecular flexibility index (Phi) is 4.96. The minimum atomic E-state index is -0.123. The number of anilines is 1. The van der Waals surface area contributed by atoms with Crippen LogP contribution in [0.2, 0.25) is 0 Å². The van der Waals surface area contributed by atoms with Gasteiger partial charge in [-0.05, 0) is 38.0 Å². The van der Waals surface area contributed by atoms with Crippen LogP contribution in [0.5, 0.6) is 0 Å². The van der Waals surface area contributed by atoms with Crippen LogP contribution in [0.1, 0.15) is 25.5 Å². The van der Waals surface area contributed by atoms with Crippen molar-refractivity contribution in [2.75, 3.05) is 18.0 Å². The third kappa shape index (κ3) is 3.47. The van der Waals surface area contributed by atoms with Crippen molar-refractivity contribution in [1.82, 2.24) is 19.3 Å². The molecule has 0 aliphatic carbocycles. The Morgan fingerprint density at radius 2 is 2.16 bits per heavy atom. The van der Waals surface area contributed by atoms with Crippen molar-refractivity contribution in [2.24, 2.45) is 5.73 Å². The Morgan fingerprint density at radius 3 is 3.00 bits per heavy atom. The summed E-state index contributed by atoms with van der Waals surface area (Å²) >= 11 is 0. The number of aromatic nitrogens is 4. The first kappa shape index (κ1) is 19.4. The highest BCUT2D eigenvalue weighted by Crippen LogP contribution is 2.24. The number of benzene rings is 1. The van der Waals surface area contributed by atoms with Crippen LogP contribution in [0.15, 0.2) is 45.8 Å². The highest BCUT2D eigenvalue weighted by molar-refractivity contribution is 5.80. The lowest BCUT2D eigenvalue weighted by molar-refractivity contribution is 0.442. The van der Waals surface area contributed by atoms with E-state index in [9.17, 15) is 4.79 Å². The molecule has 31 heavy (non-hydrogen) atoms. The molecule has 158 valence electrons. The summed E-state index contributed by atoms with van der Waals surface area (Å²) in [5.41, 5.74) is 8.71. The van der Waals surface area contributed by atoms with E-state index in [4.69, 9.17) is 15.2 Å². The molecule has 1 atom stereocenters. The van der Waals surface area contributed by atoms with Gasteiger partial charge in [0.25, 0.3) is 5.56 Å². The van der Waals surface area contributed by atoms with E-state index in [1.54, 1.807) is 17.7 Å². The molecule has 3 aromatic heterocycles. The Labute approximate surface area is 179 Å². The molecule has 0 saturated carbocycles. The van der Waals surface area contributed by atoms with E-state index < -0.39 is 0 Å². The molecule has 0 spiro atoms. The molecule has 1 aliphatic rings. The number of nitrogens with two attached hydrogens (primary N) is 1. The van der Waals surface area contributed by atoms with Crippen LogP contribution in [0.4, 0.5) is 5.95 Å². The summed E-state index contributed by atoms with van der Waals surface area (Å²) in [7, 11) is 0. The predicted molar refractivity (Wildman–Crippen MR) is 120 cm³/mol. The molecular formula is C23H24N6O2. The lowest BCUT2D eigenvalue weighted by Gasteiger charge is -2.31. The van der Waals surface area contributed by atoms with Gasteiger partial charge in [0.15, 0.2) is 5.58 Å². The third-order valence-corrected chi connectivity index (χ3v) is 5.78. The van der Waals surface area contributed by atoms with E-state index >= 15 is 0 Å². The van der Waals surface area contributed by atoms with Gasteiger partial charge in [0.2, 0.25) is 5.95 Å². The van der Waals surface area contributed by atoms with E-state index in [-0.39, 0.29) is 11.6 Å². The van der Waals surface area contributed by atoms with E-state index in [0.717, 1.165) is 43.0 Å². The van der Waals surface area contributed by atoms with Gasteiger partial charge in [0.05, 0.1) is 18.6 Å². The number of para-hydroxylation sites is 1. The minimum Gasteiger partial charge on any atom is -0.356 e. The Bertz CT molecular complexity index is 1370. The average molecular weight is 416 g/mol. The van der Waals surface area contributed by atoms with Crippen LogP contribution in [0, 0.1) is 11.8 Å². The molecule has 1 saturated heterocycles.